The number of nitrogens with one attached hydrogen (secondary N) is 1. The van der Waals surface area contributed by atoms with Gasteiger partial charge in [-0.1, -0.05) is 32.1 Å². The van der Waals surface area contributed by atoms with Crippen LogP contribution in [0.2, 0.25) is 0 Å². The monoisotopic (exact) mass is 248 g/mol. The summed E-state index contributed by atoms with van der Waals surface area (Å²) >= 11 is 0. The molecule has 0 aromatic rings. The lowest BCUT2D eigenvalue weighted by Gasteiger charge is -2.18. The normalized spacial score (nSPS) is 18.1. The molecule has 3 N–H and O–H groups in total. The fourth-order valence-electron chi connectivity index (χ4n) is 2.18. The average Bonchev–Trinajstić information content (AvgIpc) is 2.17. The Bertz CT molecular complexity index is 180. The summed E-state index contributed by atoms with van der Waals surface area (Å²) in [5.74, 6) is 0.522. The summed E-state index contributed by atoms with van der Waals surface area (Å²) in [5.41, 5.74) is 5.39. The van der Waals surface area contributed by atoms with Crippen LogP contribution in [0.4, 0.5) is 0 Å². The number of amides is 1. The van der Waals surface area contributed by atoms with Gasteiger partial charge < -0.3 is 11.1 Å². The second-order valence-electron chi connectivity index (χ2n) is 4.48. The van der Waals surface area contributed by atoms with Gasteiger partial charge in [0, 0.05) is 12.5 Å². The molecule has 1 aliphatic carbocycles. The fraction of sp³-hybridized carbons (Fsp3) is 0.917. The van der Waals surface area contributed by atoms with Crippen molar-refractivity contribution in [3.05, 3.63) is 0 Å². The van der Waals surface area contributed by atoms with Crippen LogP contribution in [-0.2, 0) is 4.79 Å². The third-order valence-corrected chi connectivity index (χ3v) is 3.16. The number of hydrogen-bond donors (Lipinski definition) is 2. The Morgan fingerprint density at radius 3 is 2.25 bits per heavy atom. The fourth-order valence-corrected chi connectivity index (χ4v) is 2.18. The van der Waals surface area contributed by atoms with Gasteiger partial charge in [-0.3, -0.25) is 4.79 Å². The largest absolute Gasteiger partial charge is 0.356 e. The summed E-state index contributed by atoms with van der Waals surface area (Å²) in [4.78, 5) is 11.8. The number of hydrogen-bond acceptors (Lipinski definition) is 2. The molecule has 1 saturated carbocycles. The molecule has 0 bridgehead atoms. The lowest BCUT2D eigenvalue weighted by Crippen LogP contribution is -2.32. The predicted molar refractivity (Wildman–Crippen MR) is 69.7 cm³/mol. The highest BCUT2D eigenvalue weighted by molar-refractivity contribution is 5.85. The second kappa shape index (κ2) is 9.91. The van der Waals surface area contributed by atoms with Crippen molar-refractivity contribution in [2.75, 3.05) is 13.1 Å². The van der Waals surface area contributed by atoms with Gasteiger partial charge in [-0.25, -0.2) is 0 Å². The van der Waals surface area contributed by atoms with Crippen LogP contribution in [0.5, 0.6) is 0 Å². The van der Waals surface area contributed by atoms with Crippen LogP contribution in [0.3, 0.4) is 0 Å². The molecule has 0 heterocycles. The van der Waals surface area contributed by atoms with E-state index in [0.29, 0.717) is 6.54 Å². The molecule has 4 heteroatoms. The molecule has 96 valence electrons. The van der Waals surface area contributed by atoms with Gasteiger partial charge in [0.1, 0.15) is 0 Å². The minimum absolute atomic E-state index is 0. The zero-order valence-corrected chi connectivity index (χ0v) is 10.9. The van der Waals surface area contributed by atoms with E-state index in [1.807, 2.05) is 0 Å². The van der Waals surface area contributed by atoms with E-state index in [9.17, 15) is 4.79 Å². The summed E-state index contributed by atoms with van der Waals surface area (Å²) in [7, 11) is 0. The Morgan fingerprint density at radius 1 is 1.12 bits per heavy atom. The van der Waals surface area contributed by atoms with Crippen molar-refractivity contribution in [2.24, 2.45) is 11.7 Å². The van der Waals surface area contributed by atoms with Crippen molar-refractivity contribution in [1.82, 2.24) is 5.32 Å². The highest BCUT2D eigenvalue weighted by atomic mass is 35.5. The molecule has 0 atom stereocenters. The number of carbonyl (C=O) groups excluding carboxylic acids is 1. The number of rotatable bonds is 4. The third kappa shape index (κ3) is 6.33. The first-order valence-corrected chi connectivity index (χ1v) is 6.32. The molecule has 1 amide bonds. The smallest absolute Gasteiger partial charge is 0.223 e. The van der Waals surface area contributed by atoms with Crippen LogP contribution in [-0.4, -0.2) is 19.0 Å². The third-order valence-electron chi connectivity index (χ3n) is 3.16. The van der Waals surface area contributed by atoms with Crippen molar-refractivity contribution in [2.45, 2.75) is 51.4 Å². The molecule has 0 aromatic carbocycles. The number of nitrogens with two attached hydrogens (primary N) is 1. The van der Waals surface area contributed by atoms with Gasteiger partial charge in [-0.15, -0.1) is 12.4 Å². The molecular formula is C12H25ClN2O. The Labute approximate surface area is 105 Å². The highest BCUT2D eigenvalue weighted by Gasteiger charge is 2.18. The average molecular weight is 249 g/mol. The SMILES string of the molecule is Cl.NCCCNC(=O)C1CCCCCCC1. The maximum atomic E-state index is 11.8. The van der Waals surface area contributed by atoms with Gasteiger partial charge in [0.25, 0.3) is 0 Å². The summed E-state index contributed by atoms with van der Waals surface area (Å²) in [6, 6.07) is 0. The molecule has 0 aromatic heterocycles. The van der Waals surface area contributed by atoms with Gasteiger partial charge in [0.15, 0.2) is 0 Å². The van der Waals surface area contributed by atoms with E-state index < -0.39 is 0 Å². The predicted octanol–water partition coefficient (Wildman–Crippen LogP) is 2.23. The molecule has 0 unspecified atom stereocenters. The van der Waals surface area contributed by atoms with E-state index in [0.717, 1.165) is 25.8 Å². The first-order valence-electron chi connectivity index (χ1n) is 6.32. The van der Waals surface area contributed by atoms with Gasteiger partial charge >= 0.3 is 0 Å². The van der Waals surface area contributed by atoms with Crippen LogP contribution in [0, 0.1) is 5.92 Å². The van der Waals surface area contributed by atoms with E-state index in [4.69, 9.17) is 5.73 Å². The van der Waals surface area contributed by atoms with Crippen molar-refractivity contribution >= 4 is 18.3 Å². The molecule has 16 heavy (non-hydrogen) atoms. The Balaban J connectivity index is 0.00000225. The van der Waals surface area contributed by atoms with Crippen LogP contribution in [0.25, 0.3) is 0 Å². The molecule has 3 nitrogen and oxygen atoms in total. The van der Waals surface area contributed by atoms with E-state index in [-0.39, 0.29) is 24.2 Å². The van der Waals surface area contributed by atoms with E-state index >= 15 is 0 Å². The molecule has 0 radical (unpaired) electrons. The molecular weight excluding hydrogens is 224 g/mol. The van der Waals surface area contributed by atoms with Crippen molar-refractivity contribution < 1.29 is 4.79 Å². The minimum atomic E-state index is 0. The lowest BCUT2D eigenvalue weighted by atomic mass is 9.90. The quantitative estimate of drug-likeness (QED) is 0.750. The van der Waals surface area contributed by atoms with Crippen LogP contribution in [0.15, 0.2) is 0 Å². The summed E-state index contributed by atoms with van der Waals surface area (Å²) < 4.78 is 0. The lowest BCUT2D eigenvalue weighted by molar-refractivity contribution is -0.125. The maximum absolute atomic E-state index is 11.8. The Hall–Kier alpha value is -0.280. The first-order chi connectivity index (χ1) is 7.34. The van der Waals surface area contributed by atoms with Crippen LogP contribution in [0.1, 0.15) is 51.4 Å². The molecule has 1 aliphatic rings. The molecule has 0 spiro atoms. The van der Waals surface area contributed by atoms with Crippen molar-refractivity contribution in [3.8, 4) is 0 Å². The zero-order chi connectivity index (χ0) is 10.9. The topological polar surface area (TPSA) is 55.1 Å². The van der Waals surface area contributed by atoms with Crippen molar-refractivity contribution in [3.63, 3.8) is 0 Å². The molecule has 0 saturated heterocycles. The van der Waals surface area contributed by atoms with Gasteiger partial charge in [-0.2, -0.15) is 0 Å². The molecule has 1 fully saturated rings. The highest BCUT2D eigenvalue weighted by Crippen LogP contribution is 2.22. The standard InChI is InChI=1S/C12H24N2O.ClH/c13-9-6-10-14-12(15)11-7-4-2-1-3-5-8-11;/h11H,1-10,13H2,(H,14,15);1H. The summed E-state index contributed by atoms with van der Waals surface area (Å²) in [6.45, 7) is 1.40. The Kier molecular flexibility index (Phi) is 9.74. The molecule has 0 aliphatic heterocycles. The van der Waals surface area contributed by atoms with E-state index in [1.165, 1.54) is 32.1 Å². The van der Waals surface area contributed by atoms with Crippen LogP contribution >= 0.6 is 12.4 Å². The second-order valence-corrected chi connectivity index (χ2v) is 4.48. The maximum Gasteiger partial charge on any atom is 0.223 e. The van der Waals surface area contributed by atoms with Crippen LogP contribution < -0.4 is 11.1 Å². The van der Waals surface area contributed by atoms with Gasteiger partial charge in [-0.05, 0) is 25.8 Å². The molecule has 1 rings (SSSR count). The van der Waals surface area contributed by atoms with Crippen molar-refractivity contribution in [1.29, 1.82) is 0 Å². The van der Waals surface area contributed by atoms with E-state index in [2.05, 4.69) is 5.32 Å². The summed E-state index contributed by atoms with van der Waals surface area (Å²) in [5, 5.41) is 2.98. The minimum Gasteiger partial charge on any atom is -0.356 e. The van der Waals surface area contributed by atoms with Gasteiger partial charge in [0.05, 0.1) is 0 Å². The van der Waals surface area contributed by atoms with E-state index in [1.54, 1.807) is 0 Å². The number of halogens is 1. The first kappa shape index (κ1) is 15.7. The van der Waals surface area contributed by atoms with Gasteiger partial charge in [0.2, 0.25) is 5.91 Å². The number of carbonyl (C=O) groups is 1. The zero-order valence-electron chi connectivity index (χ0n) is 10.0. The Morgan fingerprint density at radius 2 is 1.69 bits per heavy atom. The summed E-state index contributed by atoms with van der Waals surface area (Å²) in [6.07, 6.45) is 9.42.